The van der Waals surface area contributed by atoms with Gasteiger partial charge in [-0.05, 0) is 74.6 Å². The first kappa shape index (κ1) is 18.2. The van der Waals surface area contributed by atoms with E-state index >= 15 is 0 Å². The van der Waals surface area contributed by atoms with Gasteiger partial charge in [0.25, 0.3) is 5.91 Å². The van der Waals surface area contributed by atoms with Gasteiger partial charge >= 0.3 is 0 Å². The summed E-state index contributed by atoms with van der Waals surface area (Å²) in [5, 5.41) is 7.53. The average molecular weight is 379 g/mol. The van der Waals surface area contributed by atoms with E-state index in [9.17, 15) is 9.18 Å². The lowest BCUT2D eigenvalue weighted by molar-refractivity contribution is 0.102. The van der Waals surface area contributed by atoms with E-state index in [1.807, 2.05) is 25.1 Å². The van der Waals surface area contributed by atoms with Crippen molar-refractivity contribution in [3.05, 3.63) is 70.8 Å². The highest BCUT2D eigenvalue weighted by molar-refractivity contribution is 6.05. The molecule has 0 radical (unpaired) electrons. The Labute approximate surface area is 163 Å². The topological polar surface area (TPSA) is 56.1 Å². The van der Waals surface area contributed by atoms with Gasteiger partial charge in [0.2, 0.25) is 0 Å². The number of aryl methyl sites for hydroxylation is 1. The number of methoxy groups -OCH3 is 1. The van der Waals surface area contributed by atoms with Crippen molar-refractivity contribution in [3.8, 4) is 11.4 Å². The Bertz CT molecular complexity index is 1030. The van der Waals surface area contributed by atoms with Gasteiger partial charge in [-0.1, -0.05) is 6.07 Å². The van der Waals surface area contributed by atoms with Crippen LogP contribution in [-0.4, -0.2) is 22.8 Å². The van der Waals surface area contributed by atoms with Gasteiger partial charge in [0, 0.05) is 11.3 Å². The van der Waals surface area contributed by atoms with Crippen molar-refractivity contribution in [2.24, 2.45) is 0 Å². The average Bonchev–Trinajstić information content (AvgIpc) is 3.10. The second kappa shape index (κ2) is 7.46. The first-order chi connectivity index (χ1) is 13.6. The highest BCUT2D eigenvalue weighted by Crippen LogP contribution is 2.29. The zero-order chi connectivity index (χ0) is 19.7. The fourth-order valence-electron chi connectivity index (χ4n) is 3.66. The molecule has 1 amide bonds. The molecule has 144 valence electrons. The van der Waals surface area contributed by atoms with Gasteiger partial charge in [-0.3, -0.25) is 4.79 Å². The number of hydrogen-bond acceptors (Lipinski definition) is 3. The van der Waals surface area contributed by atoms with Crippen LogP contribution in [0.2, 0.25) is 0 Å². The molecule has 0 unspecified atom stereocenters. The lowest BCUT2D eigenvalue weighted by Gasteiger charge is -2.14. The molecule has 1 N–H and O–H groups in total. The third-order valence-corrected chi connectivity index (χ3v) is 5.07. The van der Waals surface area contributed by atoms with Crippen molar-refractivity contribution in [1.82, 2.24) is 9.78 Å². The van der Waals surface area contributed by atoms with Gasteiger partial charge in [-0.15, -0.1) is 0 Å². The van der Waals surface area contributed by atoms with E-state index in [1.54, 1.807) is 23.9 Å². The van der Waals surface area contributed by atoms with E-state index in [0.29, 0.717) is 17.1 Å². The first-order valence-corrected chi connectivity index (χ1v) is 9.39. The Morgan fingerprint density at radius 3 is 2.64 bits per heavy atom. The minimum Gasteiger partial charge on any atom is -0.495 e. The summed E-state index contributed by atoms with van der Waals surface area (Å²) in [6, 6.07) is 11.8. The highest BCUT2D eigenvalue weighted by atomic mass is 19.1. The summed E-state index contributed by atoms with van der Waals surface area (Å²) in [7, 11) is 1.58. The summed E-state index contributed by atoms with van der Waals surface area (Å²) in [4.78, 5) is 13.0. The number of aromatic nitrogens is 2. The minimum atomic E-state index is -0.297. The Balaban J connectivity index is 1.71. The molecule has 5 nitrogen and oxygen atoms in total. The molecular formula is C22H22FN3O2. The van der Waals surface area contributed by atoms with Crippen LogP contribution in [0.3, 0.4) is 0 Å². The number of amides is 1. The van der Waals surface area contributed by atoms with Gasteiger partial charge in [-0.25, -0.2) is 9.07 Å². The Kier molecular flexibility index (Phi) is 4.86. The number of benzene rings is 2. The normalized spacial score (nSPS) is 13.1. The second-order valence-corrected chi connectivity index (χ2v) is 7.03. The molecule has 0 saturated carbocycles. The van der Waals surface area contributed by atoms with Crippen molar-refractivity contribution in [2.75, 3.05) is 12.4 Å². The standard InChI is InChI=1S/C22H22FN3O2/c1-14-7-12-18(20(13-14)28-2)24-22(27)21-17-5-3-4-6-19(17)26(25-21)16-10-8-15(23)9-11-16/h7-13H,3-6H2,1-2H3,(H,24,27). The molecule has 0 saturated heterocycles. The first-order valence-electron chi connectivity index (χ1n) is 9.39. The van der Waals surface area contributed by atoms with Crippen molar-refractivity contribution in [2.45, 2.75) is 32.6 Å². The Hall–Kier alpha value is -3.15. The quantitative estimate of drug-likeness (QED) is 0.728. The number of rotatable bonds is 4. The lowest BCUT2D eigenvalue weighted by atomic mass is 9.95. The number of nitrogens with zero attached hydrogens (tertiary/aromatic N) is 2. The van der Waals surface area contributed by atoms with E-state index in [1.165, 1.54) is 12.1 Å². The summed E-state index contributed by atoms with van der Waals surface area (Å²) < 4.78 is 20.5. The molecule has 0 fully saturated rings. The summed E-state index contributed by atoms with van der Waals surface area (Å²) in [5.41, 5.74) is 4.83. The van der Waals surface area contributed by atoms with E-state index in [-0.39, 0.29) is 11.7 Å². The van der Waals surface area contributed by atoms with Gasteiger partial charge in [-0.2, -0.15) is 5.10 Å². The van der Waals surface area contributed by atoms with Crippen molar-refractivity contribution in [3.63, 3.8) is 0 Å². The number of carbonyl (C=O) groups excluding carboxylic acids is 1. The molecule has 1 heterocycles. The van der Waals surface area contributed by atoms with Gasteiger partial charge in [0.1, 0.15) is 11.6 Å². The smallest absolute Gasteiger partial charge is 0.276 e. The molecular weight excluding hydrogens is 357 g/mol. The molecule has 1 aliphatic carbocycles. The molecule has 3 aromatic rings. The summed E-state index contributed by atoms with van der Waals surface area (Å²) >= 11 is 0. The van der Waals surface area contributed by atoms with Crippen LogP contribution in [0.5, 0.6) is 5.75 Å². The SMILES string of the molecule is COc1cc(C)ccc1NC(=O)c1nn(-c2ccc(F)cc2)c2c1CCCC2. The summed E-state index contributed by atoms with van der Waals surface area (Å²) in [5.74, 6) is 0.0514. The second-order valence-electron chi connectivity index (χ2n) is 7.03. The fourth-order valence-corrected chi connectivity index (χ4v) is 3.66. The van der Waals surface area contributed by atoms with E-state index < -0.39 is 0 Å². The largest absolute Gasteiger partial charge is 0.495 e. The van der Waals surface area contributed by atoms with Gasteiger partial charge in [0.15, 0.2) is 5.69 Å². The number of nitrogens with one attached hydrogen (secondary N) is 1. The van der Waals surface area contributed by atoms with E-state index in [4.69, 9.17) is 4.74 Å². The molecule has 0 aliphatic heterocycles. The predicted molar refractivity (Wildman–Crippen MR) is 106 cm³/mol. The number of ether oxygens (including phenoxy) is 1. The highest BCUT2D eigenvalue weighted by Gasteiger charge is 2.26. The molecule has 1 aliphatic rings. The Morgan fingerprint density at radius 2 is 1.89 bits per heavy atom. The van der Waals surface area contributed by atoms with Crippen molar-refractivity contribution < 1.29 is 13.9 Å². The molecule has 1 aromatic heterocycles. The molecule has 4 rings (SSSR count). The van der Waals surface area contributed by atoms with Crippen LogP contribution >= 0.6 is 0 Å². The number of carbonyl (C=O) groups is 1. The molecule has 2 aromatic carbocycles. The number of hydrogen-bond donors (Lipinski definition) is 1. The zero-order valence-electron chi connectivity index (χ0n) is 16.0. The van der Waals surface area contributed by atoms with Crippen molar-refractivity contribution in [1.29, 1.82) is 0 Å². The molecule has 0 atom stereocenters. The number of anilines is 1. The summed E-state index contributed by atoms with van der Waals surface area (Å²) in [6.45, 7) is 1.97. The van der Waals surface area contributed by atoms with Crippen LogP contribution in [0.25, 0.3) is 5.69 Å². The van der Waals surface area contributed by atoms with Gasteiger partial charge < -0.3 is 10.1 Å². The maximum Gasteiger partial charge on any atom is 0.276 e. The zero-order valence-corrected chi connectivity index (χ0v) is 16.0. The van der Waals surface area contributed by atoms with Crippen LogP contribution in [0.1, 0.15) is 40.2 Å². The third-order valence-electron chi connectivity index (χ3n) is 5.07. The van der Waals surface area contributed by atoms with Crippen LogP contribution in [0.15, 0.2) is 42.5 Å². The Morgan fingerprint density at radius 1 is 1.14 bits per heavy atom. The number of halogens is 1. The monoisotopic (exact) mass is 379 g/mol. The molecule has 28 heavy (non-hydrogen) atoms. The predicted octanol–water partition coefficient (Wildman–Crippen LogP) is 4.46. The van der Waals surface area contributed by atoms with Crippen LogP contribution in [0, 0.1) is 12.7 Å². The molecule has 0 spiro atoms. The maximum atomic E-state index is 13.3. The van der Waals surface area contributed by atoms with Crippen LogP contribution in [-0.2, 0) is 12.8 Å². The molecule has 0 bridgehead atoms. The lowest BCUT2D eigenvalue weighted by Crippen LogP contribution is -2.16. The van der Waals surface area contributed by atoms with Crippen LogP contribution in [0.4, 0.5) is 10.1 Å². The summed E-state index contributed by atoms with van der Waals surface area (Å²) in [6.07, 6.45) is 3.73. The van der Waals surface area contributed by atoms with E-state index in [0.717, 1.165) is 48.2 Å². The van der Waals surface area contributed by atoms with Crippen LogP contribution < -0.4 is 10.1 Å². The van der Waals surface area contributed by atoms with Crippen molar-refractivity contribution >= 4 is 11.6 Å². The third kappa shape index (κ3) is 3.38. The fraction of sp³-hybridized carbons (Fsp3) is 0.273. The minimum absolute atomic E-state index is 0.263. The van der Waals surface area contributed by atoms with Gasteiger partial charge in [0.05, 0.1) is 18.5 Å². The molecule has 6 heteroatoms. The van der Waals surface area contributed by atoms with E-state index in [2.05, 4.69) is 10.4 Å². The number of fused-ring (bicyclic) bond motifs is 1. The maximum absolute atomic E-state index is 13.3.